The number of thioether (sulfide) groups is 1. The summed E-state index contributed by atoms with van der Waals surface area (Å²) in [4.78, 5) is 24.7. The van der Waals surface area contributed by atoms with E-state index in [1.807, 2.05) is 0 Å². The number of hydrogen-bond donors (Lipinski definition) is 2. The first-order chi connectivity index (χ1) is 10.9. The van der Waals surface area contributed by atoms with Crippen LogP contribution in [0.3, 0.4) is 0 Å². The van der Waals surface area contributed by atoms with Crippen LogP contribution in [0.1, 0.15) is 18.4 Å². The predicted molar refractivity (Wildman–Crippen MR) is 91.4 cm³/mol. The monoisotopic (exact) mass is 353 g/mol. The van der Waals surface area contributed by atoms with Gasteiger partial charge >= 0.3 is 5.97 Å². The summed E-state index contributed by atoms with van der Waals surface area (Å²) in [5, 5.41) is 18.6. The Hall–Kier alpha value is -2.06. The van der Waals surface area contributed by atoms with Crippen LogP contribution < -0.4 is 4.74 Å². The van der Waals surface area contributed by atoms with Gasteiger partial charge in [-0.2, -0.15) is 0 Å². The van der Waals surface area contributed by atoms with E-state index in [0.717, 1.165) is 11.8 Å². The molecular weight excluding hydrogens is 338 g/mol. The number of carboxylic acids is 1. The minimum atomic E-state index is -0.912. The molecule has 0 unspecified atom stereocenters. The molecule has 1 heterocycles. The van der Waals surface area contributed by atoms with Crippen molar-refractivity contribution in [3.05, 3.63) is 28.7 Å². The van der Waals surface area contributed by atoms with Gasteiger partial charge < -0.3 is 14.9 Å². The zero-order valence-electron chi connectivity index (χ0n) is 12.3. The molecule has 1 aliphatic heterocycles. The number of methoxy groups -OCH3 is 1. The highest BCUT2D eigenvalue weighted by Gasteiger charge is 2.32. The average Bonchev–Trinajstić information content (AvgIpc) is 2.76. The molecule has 0 saturated carbocycles. The highest BCUT2D eigenvalue weighted by Crippen LogP contribution is 2.37. The maximum atomic E-state index is 12.4. The molecule has 0 atom stereocenters. The van der Waals surface area contributed by atoms with Gasteiger partial charge in [0.25, 0.3) is 5.91 Å². The van der Waals surface area contributed by atoms with Gasteiger partial charge in [0.05, 0.1) is 17.6 Å². The van der Waals surface area contributed by atoms with E-state index in [2.05, 4.69) is 0 Å². The summed E-state index contributed by atoms with van der Waals surface area (Å²) in [6.45, 7) is 0.256. The topological polar surface area (TPSA) is 87.1 Å². The zero-order valence-corrected chi connectivity index (χ0v) is 13.9. The van der Waals surface area contributed by atoms with Crippen molar-refractivity contribution in [2.45, 2.75) is 12.8 Å². The molecule has 0 bridgehead atoms. The van der Waals surface area contributed by atoms with Crippen LogP contribution in [0.4, 0.5) is 0 Å². The average molecular weight is 353 g/mol. The van der Waals surface area contributed by atoms with Gasteiger partial charge in [-0.25, -0.2) is 0 Å². The summed E-state index contributed by atoms with van der Waals surface area (Å²) in [6, 6.07) is 4.82. The molecule has 0 spiro atoms. The van der Waals surface area contributed by atoms with Crippen molar-refractivity contribution in [1.29, 1.82) is 0 Å². The number of benzene rings is 1. The van der Waals surface area contributed by atoms with Crippen molar-refractivity contribution < 1.29 is 24.5 Å². The molecule has 23 heavy (non-hydrogen) atoms. The number of aliphatic carboxylic acids is 1. The number of ether oxygens (including phenoxy) is 1. The number of rotatable bonds is 6. The Morgan fingerprint density at radius 2 is 2.22 bits per heavy atom. The van der Waals surface area contributed by atoms with Crippen molar-refractivity contribution in [2.24, 2.45) is 0 Å². The molecule has 0 radical (unpaired) electrons. The second-order valence-electron chi connectivity index (χ2n) is 4.72. The van der Waals surface area contributed by atoms with E-state index < -0.39 is 5.97 Å². The molecule has 6 nitrogen and oxygen atoms in total. The number of amides is 1. The normalized spacial score (nSPS) is 16.2. The number of aromatic hydroxyl groups is 1. The Kier molecular flexibility index (Phi) is 5.62. The SMILES string of the molecule is COc1cccc(O)c1/C=C1\SC(=S)N(CCCC(=O)O)C1=O. The Bertz CT molecular complexity index is 686. The van der Waals surface area contributed by atoms with E-state index >= 15 is 0 Å². The Morgan fingerprint density at radius 3 is 2.87 bits per heavy atom. The fourth-order valence-electron chi connectivity index (χ4n) is 2.07. The highest BCUT2D eigenvalue weighted by molar-refractivity contribution is 8.26. The molecule has 1 fully saturated rings. The number of hydrogen-bond acceptors (Lipinski definition) is 6. The van der Waals surface area contributed by atoms with E-state index in [1.165, 1.54) is 24.2 Å². The number of carbonyl (C=O) groups is 2. The lowest BCUT2D eigenvalue weighted by Crippen LogP contribution is -2.29. The minimum Gasteiger partial charge on any atom is -0.507 e. The predicted octanol–water partition coefficient (Wildman–Crippen LogP) is 2.47. The van der Waals surface area contributed by atoms with Gasteiger partial charge in [-0.1, -0.05) is 30.0 Å². The summed E-state index contributed by atoms with van der Waals surface area (Å²) < 4.78 is 5.56. The van der Waals surface area contributed by atoms with Crippen molar-refractivity contribution in [3.8, 4) is 11.5 Å². The van der Waals surface area contributed by atoms with Crippen LogP contribution >= 0.6 is 24.0 Å². The third-order valence-electron chi connectivity index (χ3n) is 3.18. The van der Waals surface area contributed by atoms with Crippen molar-refractivity contribution in [2.75, 3.05) is 13.7 Å². The quantitative estimate of drug-likeness (QED) is 0.600. The standard InChI is InChI=1S/C15H15NO5S2/c1-21-11-5-2-4-10(17)9(11)8-12-14(20)16(15(22)23-12)7-3-6-13(18)19/h2,4-5,8,17H,3,6-7H2,1H3,(H,18,19)/b12-8-. The van der Waals surface area contributed by atoms with Crippen LogP contribution in [0.5, 0.6) is 11.5 Å². The van der Waals surface area contributed by atoms with Gasteiger partial charge in [0.1, 0.15) is 15.8 Å². The number of carbonyl (C=O) groups excluding carboxylic acids is 1. The van der Waals surface area contributed by atoms with Crippen LogP contribution in [-0.4, -0.2) is 45.0 Å². The number of phenolic OH excluding ortho intramolecular Hbond substituents is 1. The molecular formula is C15H15NO5S2. The fraction of sp³-hybridized carbons (Fsp3) is 0.267. The third-order valence-corrected chi connectivity index (χ3v) is 4.56. The Balaban J connectivity index is 2.20. The summed E-state index contributed by atoms with van der Waals surface area (Å²) in [7, 11) is 1.48. The fourth-order valence-corrected chi connectivity index (χ4v) is 3.36. The molecule has 8 heteroatoms. The lowest BCUT2D eigenvalue weighted by Gasteiger charge is -2.13. The molecule has 1 aliphatic rings. The number of carboxylic acid groups (broad SMARTS) is 1. The van der Waals surface area contributed by atoms with E-state index in [1.54, 1.807) is 12.1 Å². The second kappa shape index (κ2) is 7.47. The van der Waals surface area contributed by atoms with E-state index in [9.17, 15) is 14.7 Å². The van der Waals surface area contributed by atoms with Gasteiger partial charge in [0.2, 0.25) is 0 Å². The lowest BCUT2D eigenvalue weighted by atomic mass is 10.1. The van der Waals surface area contributed by atoms with E-state index in [4.69, 9.17) is 22.1 Å². The minimum absolute atomic E-state index is 0.000459. The van der Waals surface area contributed by atoms with E-state index in [0.29, 0.717) is 27.0 Å². The first-order valence-electron chi connectivity index (χ1n) is 6.77. The second-order valence-corrected chi connectivity index (χ2v) is 6.40. The zero-order chi connectivity index (χ0) is 17.0. The van der Waals surface area contributed by atoms with Crippen LogP contribution in [-0.2, 0) is 9.59 Å². The number of nitrogens with zero attached hydrogens (tertiary/aromatic N) is 1. The molecule has 0 aliphatic carbocycles. The van der Waals surface area contributed by atoms with Crippen molar-refractivity contribution in [1.82, 2.24) is 4.90 Å². The van der Waals surface area contributed by atoms with Crippen LogP contribution in [0.25, 0.3) is 6.08 Å². The van der Waals surface area contributed by atoms with Gasteiger partial charge in [-0.3, -0.25) is 14.5 Å². The van der Waals surface area contributed by atoms with Crippen LogP contribution in [0.15, 0.2) is 23.1 Å². The summed E-state index contributed by atoms with van der Waals surface area (Å²) >= 11 is 6.29. The first kappa shape index (κ1) is 17.3. The smallest absolute Gasteiger partial charge is 0.303 e. The molecule has 2 rings (SSSR count). The van der Waals surface area contributed by atoms with Crippen molar-refractivity contribution >= 4 is 46.3 Å². The highest BCUT2D eigenvalue weighted by atomic mass is 32.2. The molecule has 1 amide bonds. The largest absolute Gasteiger partial charge is 0.507 e. The van der Waals surface area contributed by atoms with Gasteiger partial charge in [-0.05, 0) is 24.6 Å². The summed E-state index contributed by atoms with van der Waals surface area (Å²) in [6.07, 6.45) is 1.84. The molecule has 1 saturated heterocycles. The number of phenols is 1. The molecule has 122 valence electrons. The van der Waals surface area contributed by atoms with Gasteiger partial charge in [0, 0.05) is 13.0 Å². The Labute approximate surface area is 142 Å². The molecule has 1 aromatic rings. The van der Waals surface area contributed by atoms with Crippen LogP contribution in [0, 0.1) is 0 Å². The summed E-state index contributed by atoms with van der Waals surface area (Å²) in [5.41, 5.74) is 0.404. The third kappa shape index (κ3) is 4.02. The van der Waals surface area contributed by atoms with Crippen LogP contribution in [0.2, 0.25) is 0 Å². The maximum Gasteiger partial charge on any atom is 0.303 e. The van der Waals surface area contributed by atoms with Crippen molar-refractivity contribution in [3.63, 3.8) is 0 Å². The molecule has 2 N–H and O–H groups in total. The maximum absolute atomic E-state index is 12.4. The Morgan fingerprint density at radius 1 is 1.48 bits per heavy atom. The van der Waals surface area contributed by atoms with Gasteiger partial charge in [0.15, 0.2) is 0 Å². The molecule has 0 aromatic heterocycles. The summed E-state index contributed by atoms with van der Waals surface area (Å²) in [5.74, 6) is -0.762. The van der Waals surface area contributed by atoms with Gasteiger partial charge in [-0.15, -0.1) is 0 Å². The lowest BCUT2D eigenvalue weighted by molar-refractivity contribution is -0.137. The number of thiocarbonyl (C=S) groups is 1. The first-order valence-corrected chi connectivity index (χ1v) is 7.99. The van der Waals surface area contributed by atoms with E-state index in [-0.39, 0.29) is 24.6 Å². The molecule has 1 aromatic carbocycles.